The highest BCUT2D eigenvalue weighted by molar-refractivity contribution is 7.91. The van der Waals surface area contributed by atoms with Gasteiger partial charge in [-0.15, -0.1) is 12.4 Å². The highest BCUT2D eigenvalue weighted by Gasteiger charge is 2.32. The second-order valence-electron chi connectivity index (χ2n) is 5.12. The van der Waals surface area contributed by atoms with Crippen molar-refractivity contribution in [3.8, 4) is 0 Å². The summed E-state index contributed by atoms with van der Waals surface area (Å²) in [5.74, 6) is -3.34. The van der Waals surface area contributed by atoms with Crippen LogP contribution in [0.1, 0.15) is 23.7 Å². The Kier molecular flexibility index (Phi) is 6.12. The van der Waals surface area contributed by atoms with Gasteiger partial charge in [0.15, 0.2) is 9.84 Å². The van der Waals surface area contributed by atoms with Crippen molar-refractivity contribution in [1.82, 2.24) is 4.90 Å². The van der Waals surface area contributed by atoms with Gasteiger partial charge in [-0.25, -0.2) is 12.8 Å². The zero-order valence-electron chi connectivity index (χ0n) is 12.4. The molecule has 2 rings (SSSR count). The number of carbonyl (C=O) groups is 2. The maximum Gasteiger partial charge on any atom is 0.308 e. The number of benzene rings is 1. The average Bonchev–Trinajstić information content (AvgIpc) is 2.97. The highest BCUT2D eigenvalue weighted by Crippen LogP contribution is 2.22. The fourth-order valence-corrected chi connectivity index (χ4v) is 3.25. The van der Waals surface area contributed by atoms with Gasteiger partial charge in [-0.1, -0.05) is 6.92 Å². The molecule has 0 aromatic heterocycles. The van der Waals surface area contributed by atoms with Crippen molar-refractivity contribution in [3.05, 3.63) is 29.6 Å². The van der Waals surface area contributed by atoms with E-state index in [1.165, 1.54) is 11.8 Å². The van der Waals surface area contributed by atoms with E-state index in [1.54, 1.807) is 0 Å². The van der Waals surface area contributed by atoms with E-state index >= 15 is 0 Å². The number of carboxylic acid groups (broad SMARTS) is 1. The van der Waals surface area contributed by atoms with E-state index in [4.69, 9.17) is 5.11 Å². The molecular weight excluding hydrogens is 349 g/mol. The second-order valence-corrected chi connectivity index (χ2v) is 7.40. The predicted octanol–water partition coefficient (Wildman–Crippen LogP) is 1.59. The van der Waals surface area contributed by atoms with Gasteiger partial charge in [-0.05, 0) is 24.6 Å². The third-order valence-corrected chi connectivity index (χ3v) is 5.46. The van der Waals surface area contributed by atoms with Crippen LogP contribution in [0.15, 0.2) is 23.1 Å². The number of rotatable bonds is 4. The number of amides is 1. The minimum atomic E-state index is -3.55. The number of hydrogen-bond donors (Lipinski definition) is 1. The van der Waals surface area contributed by atoms with Crippen LogP contribution in [-0.4, -0.2) is 49.1 Å². The third kappa shape index (κ3) is 4.00. The van der Waals surface area contributed by atoms with E-state index in [0.29, 0.717) is 6.42 Å². The maximum absolute atomic E-state index is 13.9. The lowest BCUT2D eigenvalue weighted by atomic mass is 10.1. The van der Waals surface area contributed by atoms with E-state index in [1.807, 2.05) is 0 Å². The van der Waals surface area contributed by atoms with Gasteiger partial charge in [0, 0.05) is 13.1 Å². The molecule has 0 aliphatic carbocycles. The molecule has 0 radical (unpaired) electrons. The van der Waals surface area contributed by atoms with Crippen LogP contribution in [0, 0.1) is 11.7 Å². The summed E-state index contributed by atoms with van der Waals surface area (Å²) < 4.78 is 37.5. The highest BCUT2D eigenvalue weighted by atomic mass is 35.5. The van der Waals surface area contributed by atoms with E-state index in [0.717, 1.165) is 18.2 Å². The van der Waals surface area contributed by atoms with Crippen molar-refractivity contribution in [2.75, 3.05) is 18.8 Å². The lowest BCUT2D eigenvalue weighted by molar-refractivity contribution is -0.141. The summed E-state index contributed by atoms with van der Waals surface area (Å²) in [5, 5.41) is 8.93. The molecule has 0 saturated carbocycles. The van der Waals surface area contributed by atoms with Crippen molar-refractivity contribution < 1.29 is 27.5 Å². The molecule has 1 atom stereocenters. The minimum Gasteiger partial charge on any atom is -0.481 e. The zero-order valence-corrected chi connectivity index (χ0v) is 14.0. The monoisotopic (exact) mass is 365 g/mol. The summed E-state index contributed by atoms with van der Waals surface area (Å²) in [4.78, 5) is 24.3. The van der Waals surface area contributed by atoms with E-state index < -0.39 is 33.4 Å². The smallest absolute Gasteiger partial charge is 0.308 e. The van der Waals surface area contributed by atoms with Gasteiger partial charge in [0.2, 0.25) is 0 Å². The Morgan fingerprint density at radius 2 is 2.04 bits per heavy atom. The van der Waals surface area contributed by atoms with Gasteiger partial charge in [-0.3, -0.25) is 9.59 Å². The molecule has 1 aromatic rings. The van der Waals surface area contributed by atoms with Crippen molar-refractivity contribution in [2.24, 2.45) is 5.92 Å². The third-order valence-electron chi connectivity index (χ3n) is 3.73. The molecule has 23 heavy (non-hydrogen) atoms. The summed E-state index contributed by atoms with van der Waals surface area (Å²) in [7, 11) is -3.55. The van der Waals surface area contributed by atoms with E-state index in [2.05, 4.69) is 0 Å². The summed E-state index contributed by atoms with van der Waals surface area (Å²) in [6.45, 7) is 1.66. The molecular formula is C14H17ClFNO5S. The fourth-order valence-electron chi connectivity index (χ4n) is 2.35. The van der Waals surface area contributed by atoms with Crippen molar-refractivity contribution in [3.63, 3.8) is 0 Å². The number of sulfone groups is 1. The molecule has 6 nitrogen and oxygen atoms in total. The second kappa shape index (κ2) is 7.27. The van der Waals surface area contributed by atoms with Crippen LogP contribution >= 0.6 is 12.4 Å². The van der Waals surface area contributed by atoms with Crippen LogP contribution in [0.4, 0.5) is 4.39 Å². The van der Waals surface area contributed by atoms with Gasteiger partial charge in [0.05, 0.1) is 22.1 Å². The first-order chi connectivity index (χ1) is 10.3. The normalized spacial score (nSPS) is 17.7. The molecule has 1 saturated heterocycles. The molecule has 0 bridgehead atoms. The van der Waals surface area contributed by atoms with Crippen LogP contribution in [-0.2, 0) is 14.6 Å². The Labute approximate surface area is 139 Å². The van der Waals surface area contributed by atoms with Crippen molar-refractivity contribution in [2.45, 2.75) is 18.2 Å². The molecule has 0 spiro atoms. The fraction of sp³-hybridized carbons (Fsp3) is 0.429. The first kappa shape index (κ1) is 19.4. The van der Waals surface area contributed by atoms with Crippen LogP contribution < -0.4 is 0 Å². The molecule has 1 aliphatic rings. The predicted molar refractivity (Wildman–Crippen MR) is 83.0 cm³/mol. The summed E-state index contributed by atoms with van der Waals surface area (Å²) in [6.07, 6.45) is 0.301. The van der Waals surface area contributed by atoms with E-state index in [-0.39, 0.29) is 41.7 Å². The van der Waals surface area contributed by atoms with Crippen LogP contribution in [0.2, 0.25) is 0 Å². The van der Waals surface area contributed by atoms with Gasteiger partial charge in [0.1, 0.15) is 5.82 Å². The summed E-state index contributed by atoms with van der Waals surface area (Å²) in [6, 6.07) is 3.08. The number of nitrogens with zero attached hydrogens (tertiary/aromatic N) is 1. The molecule has 1 fully saturated rings. The lowest BCUT2D eigenvalue weighted by Crippen LogP contribution is -2.30. The summed E-state index contributed by atoms with van der Waals surface area (Å²) in [5.41, 5.74) is -0.347. The summed E-state index contributed by atoms with van der Waals surface area (Å²) >= 11 is 0. The average molecular weight is 366 g/mol. The first-order valence-corrected chi connectivity index (χ1v) is 8.46. The topological polar surface area (TPSA) is 91.8 Å². The van der Waals surface area contributed by atoms with Crippen LogP contribution in [0.25, 0.3) is 0 Å². The Balaban J connectivity index is 0.00000264. The maximum atomic E-state index is 13.9. The Bertz CT molecular complexity index is 722. The molecule has 1 unspecified atom stereocenters. The van der Waals surface area contributed by atoms with Gasteiger partial charge in [0.25, 0.3) is 5.91 Å². The number of carboxylic acids is 1. The Hall–Kier alpha value is -1.67. The minimum absolute atomic E-state index is 0. The molecule has 1 aliphatic heterocycles. The number of carbonyl (C=O) groups excluding carboxylic acids is 1. The first-order valence-electron chi connectivity index (χ1n) is 6.80. The number of halogens is 2. The quantitative estimate of drug-likeness (QED) is 0.818. The SMILES string of the molecule is CCS(=O)(=O)c1ccc(F)c(C(=O)N2CCC(C(=O)O)C2)c1.Cl. The zero-order chi connectivity index (χ0) is 16.5. The van der Waals surface area contributed by atoms with Crippen LogP contribution in [0.5, 0.6) is 0 Å². The molecule has 1 amide bonds. The number of hydrogen-bond acceptors (Lipinski definition) is 4. The Morgan fingerprint density at radius 3 is 2.57 bits per heavy atom. The lowest BCUT2D eigenvalue weighted by Gasteiger charge is -2.16. The molecule has 1 aromatic carbocycles. The molecule has 128 valence electrons. The number of aliphatic carboxylic acids is 1. The van der Waals surface area contributed by atoms with E-state index in [9.17, 15) is 22.4 Å². The number of likely N-dealkylation sites (tertiary alicyclic amines) is 1. The van der Waals surface area contributed by atoms with Crippen LogP contribution in [0.3, 0.4) is 0 Å². The largest absolute Gasteiger partial charge is 0.481 e. The molecule has 9 heteroatoms. The van der Waals surface area contributed by atoms with Gasteiger partial charge >= 0.3 is 5.97 Å². The van der Waals surface area contributed by atoms with Gasteiger partial charge in [-0.2, -0.15) is 0 Å². The standard InChI is InChI=1S/C14H16FNO5S.ClH/c1-2-22(20,21)10-3-4-12(15)11(7-10)13(17)16-6-5-9(8-16)14(18)19;/h3-4,7,9H,2,5-6,8H2,1H3,(H,18,19);1H. The molecule has 1 N–H and O–H groups in total. The molecule has 1 heterocycles. The van der Waals surface area contributed by atoms with Crippen molar-refractivity contribution >= 4 is 34.1 Å². The van der Waals surface area contributed by atoms with Crippen molar-refractivity contribution in [1.29, 1.82) is 0 Å². The Morgan fingerprint density at radius 1 is 1.39 bits per heavy atom. The van der Waals surface area contributed by atoms with Gasteiger partial charge < -0.3 is 10.0 Å².